The molecule has 0 aliphatic rings. The maximum absolute atomic E-state index is 11.1. The zero-order chi connectivity index (χ0) is 14.5. The van der Waals surface area contributed by atoms with Crippen molar-refractivity contribution in [2.45, 2.75) is 19.9 Å². The lowest BCUT2D eigenvalue weighted by Gasteiger charge is -2.19. The summed E-state index contributed by atoms with van der Waals surface area (Å²) in [7, 11) is -1.09. The van der Waals surface area contributed by atoms with E-state index in [4.69, 9.17) is 0 Å². The Morgan fingerprint density at radius 2 is 2.11 bits per heavy atom. The number of aromatic nitrogens is 1. The normalized spacial score (nSPS) is 13.3. The van der Waals surface area contributed by atoms with E-state index in [-0.39, 0.29) is 11.8 Å². The third-order valence-corrected chi connectivity index (χ3v) is 3.89. The molecule has 19 heavy (non-hydrogen) atoms. The lowest BCUT2D eigenvalue weighted by atomic mass is 10.1. The first-order valence-electron chi connectivity index (χ1n) is 6.41. The molecule has 0 fully saturated rings. The Morgan fingerprint density at radius 3 is 2.58 bits per heavy atom. The van der Waals surface area contributed by atoms with Crippen LogP contribution in [0.15, 0.2) is 18.3 Å². The highest BCUT2D eigenvalue weighted by molar-refractivity contribution is 7.90. The van der Waals surface area contributed by atoms with Gasteiger partial charge >= 0.3 is 0 Å². The average molecular weight is 285 g/mol. The van der Waals surface area contributed by atoms with Crippen molar-refractivity contribution in [3.8, 4) is 0 Å². The van der Waals surface area contributed by atoms with Gasteiger partial charge in [0.25, 0.3) is 0 Å². The predicted molar refractivity (Wildman–Crippen MR) is 79.3 cm³/mol. The van der Waals surface area contributed by atoms with Crippen molar-refractivity contribution in [1.82, 2.24) is 10.3 Å². The Balaban J connectivity index is 2.65. The Kier molecular flexibility index (Phi) is 5.75. The Labute approximate surface area is 116 Å². The molecule has 1 heterocycles. The van der Waals surface area contributed by atoms with E-state index in [0.717, 1.165) is 17.9 Å². The summed E-state index contributed by atoms with van der Waals surface area (Å²) in [5.41, 5.74) is 1.13. The Morgan fingerprint density at radius 1 is 1.42 bits per heavy atom. The molecule has 1 aromatic rings. The summed E-state index contributed by atoms with van der Waals surface area (Å²) in [5, 5.41) is 3.32. The molecule has 6 heteroatoms. The highest BCUT2D eigenvalue weighted by Gasteiger charge is 2.09. The lowest BCUT2D eigenvalue weighted by molar-refractivity contribution is 0.596. The molecular weight excluding hydrogens is 262 g/mol. The van der Waals surface area contributed by atoms with Gasteiger partial charge in [-0.25, -0.2) is 13.4 Å². The minimum absolute atomic E-state index is 0.140. The van der Waals surface area contributed by atoms with Crippen molar-refractivity contribution in [2.24, 2.45) is 0 Å². The molecule has 1 unspecified atom stereocenters. The number of pyridine rings is 1. The number of nitrogens with zero attached hydrogens (tertiary/aromatic N) is 2. The summed E-state index contributed by atoms with van der Waals surface area (Å²) >= 11 is 0. The van der Waals surface area contributed by atoms with Crippen LogP contribution < -0.4 is 10.2 Å². The van der Waals surface area contributed by atoms with Crippen LogP contribution in [0.4, 0.5) is 5.82 Å². The van der Waals surface area contributed by atoms with E-state index in [1.54, 1.807) is 0 Å². The number of anilines is 1. The van der Waals surface area contributed by atoms with Crippen molar-refractivity contribution in [3.05, 3.63) is 23.9 Å². The first-order chi connectivity index (χ1) is 8.83. The monoisotopic (exact) mass is 285 g/mol. The van der Waals surface area contributed by atoms with Gasteiger partial charge in [0.2, 0.25) is 0 Å². The third-order valence-electron chi connectivity index (χ3n) is 2.97. The Bertz CT molecular complexity index is 485. The largest absolute Gasteiger partial charge is 0.359 e. The van der Waals surface area contributed by atoms with Crippen LogP contribution in [0.5, 0.6) is 0 Å². The quantitative estimate of drug-likeness (QED) is 0.816. The molecule has 0 aliphatic carbocycles. The summed E-state index contributed by atoms with van der Waals surface area (Å²) in [6, 6.07) is 4.21. The lowest BCUT2D eigenvalue weighted by Crippen LogP contribution is -2.25. The second kappa shape index (κ2) is 6.86. The molecule has 1 N–H and O–H groups in total. The molecule has 0 aliphatic heterocycles. The highest BCUT2D eigenvalue weighted by atomic mass is 32.2. The van der Waals surface area contributed by atoms with Gasteiger partial charge < -0.3 is 10.2 Å². The topological polar surface area (TPSA) is 62.3 Å². The van der Waals surface area contributed by atoms with Gasteiger partial charge in [0, 0.05) is 32.1 Å². The van der Waals surface area contributed by atoms with Gasteiger partial charge in [-0.15, -0.1) is 0 Å². The van der Waals surface area contributed by atoms with E-state index in [9.17, 15) is 8.42 Å². The standard InChI is InChI=1S/C13H23N3O2S/c1-5-14-11(2)12-6-7-13(15-10-12)16(3)8-9-19(4,17)18/h6-7,10-11,14H,5,8-9H2,1-4H3. The second-order valence-corrected chi connectivity index (χ2v) is 7.04. The van der Waals surface area contributed by atoms with E-state index in [2.05, 4.69) is 24.1 Å². The van der Waals surface area contributed by atoms with Crippen LogP contribution in [0.2, 0.25) is 0 Å². The number of sulfone groups is 1. The van der Waals surface area contributed by atoms with Gasteiger partial charge in [-0.3, -0.25) is 0 Å². The summed E-state index contributed by atoms with van der Waals surface area (Å²) in [6.45, 7) is 5.52. The van der Waals surface area contributed by atoms with Crippen molar-refractivity contribution in [1.29, 1.82) is 0 Å². The van der Waals surface area contributed by atoms with Gasteiger partial charge in [-0.05, 0) is 25.1 Å². The molecule has 108 valence electrons. The van der Waals surface area contributed by atoms with E-state index in [1.807, 2.05) is 30.3 Å². The zero-order valence-electron chi connectivity index (χ0n) is 12.0. The molecule has 0 radical (unpaired) electrons. The summed E-state index contributed by atoms with van der Waals surface area (Å²) in [6.07, 6.45) is 3.08. The van der Waals surface area contributed by atoms with Gasteiger partial charge in [-0.1, -0.05) is 13.0 Å². The van der Waals surface area contributed by atoms with Crippen LogP contribution in [-0.2, 0) is 9.84 Å². The molecule has 1 rings (SSSR count). The molecule has 0 saturated carbocycles. The van der Waals surface area contributed by atoms with Crippen molar-refractivity contribution in [3.63, 3.8) is 0 Å². The number of rotatable bonds is 7. The summed E-state index contributed by atoms with van der Waals surface area (Å²) in [5.74, 6) is 0.928. The van der Waals surface area contributed by atoms with Gasteiger partial charge in [-0.2, -0.15) is 0 Å². The minimum atomic E-state index is -2.94. The van der Waals surface area contributed by atoms with Gasteiger partial charge in [0.1, 0.15) is 15.7 Å². The minimum Gasteiger partial charge on any atom is -0.359 e. The second-order valence-electron chi connectivity index (χ2n) is 4.78. The van der Waals surface area contributed by atoms with Crippen LogP contribution in [0.3, 0.4) is 0 Å². The first-order valence-corrected chi connectivity index (χ1v) is 8.47. The van der Waals surface area contributed by atoms with Crippen LogP contribution in [0, 0.1) is 0 Å². The van der Waals surface area contributed by atoms with Crippen LogP contribution in [0.1, 0.15) is 25.5 Å². The molecule has 0 saturated heterocycles. The van der Waals surface area contributed by atoms with E-state index < -0.39 is 9.84 Å². The summed E-state index contributed by atoms with van der Waals surface area (Å²) < 4.78 is 22.3. The van der Waals surface area contributed by atoms with E-state index in [0.29, 0.717) is 6.54 Å². The SMILES string of the molecule is CCNC(C)c1ccc(N(C)CCS(C)(=O)=O)nc1. The smallest absolute Gasteiger partial charge is 0.149 e. The third kappa shape index (κ3) is 5.57. The first kappa shape index (κ1) is 15.9. The molecule has 5 nitrogen and oxygen atoms in total. The predicted octanol–water partition coefficient (Wildman–Crippen LogP) is 1.23. The molecular formula is C13H23N3O2S. The number of nitrogens with one attached hydrogen (secondary N) is 1. The van der Waals surface area contributed by atoms with E-state index in [1.165, 1.54) is 6.26 Å². The van der Waals surface area contributed by atoms with Crippen LogP contribution >= 0.6 is 0 Å². The van der Waals surface area contributed by atoms with E-state index >= 15 is 0 Å². The molecule has 0 bridgehead atoms. The maximum atomic E-state index is 11.1. The molecule has 1 aromatic heterocycles. The highest BCUT2D eigenvalue weighted by Crippen LogP contribution is 2.15. The van der Waals surface area contributed by atoms with Crippen molar-refractivity contribution < 1.29 is 8.42 Å². The van der Waals surface area contributed by atoms with Gasteiger partial charge in [0.15, 0.2) is 0 Å². The van der Waals surface area contributed by atoms with Crippen LogP contribution in [-0.4, -0.2) is 45.5 Å². The fraction of sp³-hybridized carbons (Fsp3) is 0.615. The van der Waals surface area contributed by atoms with Gasteiger partial charge in [0.05, 0.1) is 5.75 Å². The number of hydrogen-bond acceptors (Lipinski definition) is 5. The molecule has 0 aromatic carbocycles. The fourth-order valence-corrected chi connectivity index (χ4v) is 2.33. The zero-order valence-corrected chi connectivity index (χ0v) is 12.9. The van der Waals surface area contributed by atoms with Crippen molar-refractivity contribution in [2.75, 3.05) is 37.0 Å². The average Bonchev–Trinajstić information content (AvgIpc) is 2.35. The maximum Gasteiger partial charge on any atom is 0.149 e. The number of hydrogen-bond donors (Lipinski definition) is 1. The molecule has 0 amide bonds. The van der Waals surface area contributed by atoms with Crippen molar-refractivity contribution >= 4 is 15.7 Å². The van der Waals surface area contributed by atoms with Crippen LogP contribution in [0.25, 0.3) is 0 Å². The molecule has 0 spiro atoms. The molecule has 1 atom stereocenters. The fourth-order valence-electron chi connectivity index (χ4n) is 1.72. The summed E-state index contributed by atoms with van der Waals surface area (Å²) in [4.78, 5) is 6.22. The Hall–Kier alpha value is -1.14.